The number of nitrogens with zero attached hydrogens (tertiary/aromatic N) is 1. The summed E-state index contributed by atoms with van der Waals surface area (Å²) in [5.41, 5.74) is 9.01. The number of urea groups is 1. The van der Waals surface area contributed by atoms with E-state index in [0.29, 0.717) is 13.2 Å². The Hall–Kier alpha value is -1.75. The molecule has 0 spiro atoms. The zero-order valence-electron chi connectivity index (χ0n) is 10.9. The van der Waals surface area contributed by atoms with Crippen molar-refractivity contribution in [3.05, 3.63) is 29.3 Å². The van der Waals surface area contributed by atoms with Crippen LogP contribution in [0.1, 0.15) is 17.5 Å². The number of carbonyl (C=O) groups is 1. The quantitative estimate of drug-likeness (QED) is 0.745. The summed E-state index contributed by atoms with van der Waals surface area (Å²) in [5, 5.41) is 3.02. The van der Waals surface area contributed by atoms with E-state index in [4.69, 9.17) is 10.5 Å². The van der Waals surface area contributed by atoms with Crippen molar-refractivity contribution in [1.29, 1.82) is 0 Å². The number of nitrogens with two attached hydrogens (primary N) is 1. The molecule has 2 aliphatic heterocycles. The van der Waals surface area contributed by atoms with Crippen LogP contribution in [0.5, 0.6) is 0 Å². The molecule has 3 N–H and O–H groups in total. The number of hydrogen-bond acceptors (Lipinski definition) is 3. The molecule has 1 saturated heterocycles. The summed E-state index contributed by atoms with van der Waals surface area (Å²) in [5.74, 6) is 0. The van der Waals surface area contributed by atoms with E-state index in [1.165, 1.54) is 5.56 Å². The number of ether oxygens (including phenoxy) is 1. The van der Waals surface area contributed by atoms with Gasteiger partial charge in [-0.25, -0.2) is 4.79 Å². The third kappa shape index (κ3) is 2.66. The third-order valence-electron chi connectivity index (χ3n) is 3.79. The summed E-state index contributed by atoms with van der Waals surface area (Å²) in [7, 11) is 0. The average Bonchev–Trinajstić information content (AvgIpc) is 2.90. The first-order valence-corrected chi connectivity index (χ1v) is 6.73. The monoisotopic (exact) mass is 261 g/mol. The minimum Gasteiger partial charge on any atom is -0.399 e. The molecular weight excluding hydrogens is 242 g/mol. The molecule has 1 aromatic rings. The number of hydrogen-bond donors (Lipinski definition) is 2. The smallest absolute Gasteiger partial charge is 0.318 e. The fourth-order valence-corrected chi connectivity index (χ4v) is 2.66. The lowest BCUT2D eigenvalue weighted by Gasteiger charge is -2.30. The summed E-state index contributed by atoms with van der Waals surface area (Å²) >= 11 is 0. The number of fused-ring (bicyclic) bond motifs is 1. The Kier molecular flexibility index (Phi) is 3.29. The van der Waals surface area contributed by atoms with Crippen molar-refractivity contribution >= 4 is 11.7 Å². The second-order valence-electron chi connectivity index (χ2n) is 5.21. The van der Waals surface area contributed by atoms with Gasteiger partial charge in [-0.1, -0.05) is 6.07 Å². The Bertz CT molecular complexity index is 484. The minimum absolute atomic E-state index is 0.00331. The second kappa shape index (κ2) is 5.09. The molecule has 0 saturated carbocycles. The van der Waals surface area contributed by atoms with Crippen LogP contribution in [0.25, 0.3) is 0 Å². The summed E-state index contributed by atoms with van der Waals surface area (Å²) in [6, 6.07) is 6.11. The molecule has 2 heterocycles. The number of carbonyl (C=O) groups excluding carboxylic acids is 1. The molecular formula is C14H19N3O2. The number of benzene rings is 1. The molecule has 0 bridgehead atoms. The second-order valence-corrected chi connectivity index (χ2v) is 5.21. The molecule has 2 amide bonds. The zero-order valence-corrected chi connectivity index (χ0v) is 10.9. The van der Waals surface area contributed by atoms with Crippen molar-refractivity contribution in [2.45, 2.75) is 25.4 Å². The molecule has 1 aromatic carbocycles. The van der Waals surface area contributed by atoms with E-state index in [1.54, 1.807) is 0 Å². The van der Waals surface area contributed by atoms with Crippen LogP contribution in [0.3, 0.4) is 0 Å². The van der Waals surface area contributed by atoms with Gasteiger partial charge in [0.15, 0.2) is 0 Å². The Balaban J connectivity index is 1.65. The Morgan fingerprint density at radius 1 is 1.42 bits per heavy atom. The van der Waals surface area contributed by atoms with Crippen LogP contribution in [0.15, 0.2) is 18.2 Å². The Morgan fingerprint density at radius 3 is 3.11 bits per heavy atom. The lowest BCUT2D eigenvalue weighted by atomic mass is 9.99. The van der Waals surface area contributed by atoms with Crippen LogP contribution in [-0.4, -0.2) is 36.7 Å². The van der Waals surface area contributed by atoms with Crippen LogP contribution in [0, 0.1) is 0 Å². The largest absolute Gasteiger partial charge is 0.399 e. The molecule has 0 aliphatic carbocycles. The molecule has 5 heteroatoms. The van der Waals surface area contributed by atoms with Gasteiger partial charge >= 0.3 is 6.03 Å². The van der Waals surface area contributed by atoms with Crippen molar-refractivity contribution in [2.75, 3.05) is 25.5 Å². The van der Waals surface area contributed by atoms with Crippen molar-refractivity contribution in [3.63, 3.8) is 0 Å². The Morgan fingerprint density at radius 2 is 2.32 bits per heavy atom. The zero-order chi connectivity index (χ0) is 13.2. The SMILES string of the molecule is Nc1ccc2c(c1)CN(C(=O)NC1CCOC1)CC2. The topological polar surface area (TPSA) is 67.6 Å². The molecule has 2 aliphatic rings. The lowest BCUT2D eigenvalue weighted by Crippen LogP contribution is -2.46. The standard InChI is InChI=1S/C14H19N3O2/c15-12-2-1-10-3-5-17(8-11(10)7-12)14(18)16-13-4-6-19-9-13/h1-2,7,13H,3-6,8-9,15H2,(H,16,18). The highest BCUT2D eigenvalue weighted by Crippen LogP contribution is 2.21. The number of rotatable bonds is 1. The van der Waals surface area contributed by atoms with Crippen LogP contribution < -0.4 is 11.1 Å². The molecule has 1 unspecified atom stereocenters. The van der Waals surface area contributed by atoms with Gasteiger partial charge in [0.05, 0.1) is 12.6 Å². The Labute approximate surface area is 112 Å². The van der Waals surface area contributed by atoms with E-state index in [-0.39, 0.29) is 12.1 Å². The van der Waals surface area contributed by atoms with Gasteiger partial charge in [-0.2, -0.15) is 0 Å². The molecule has 0 radical (unpaired) electrons. The lowest BCUT2D eigenvalue weighted by molar-refractivity contribution is 0.175. The van der Waals surface area contributed by atoms with Gasteiger partial charge in [-0.05, 0) is 36.1 Å². The molecule has 0 aromatic heterocycles. The molecule has 1 atom stereocenters. The highest BCUT2D eigenvalue weighted by molar-refractivity contribution is 5.75. The summed E-state index contributed by atoms with van der Waals surface area (Å²) in [6.45, 7) is 2.77. The maximum absolute atomic E-state index is 12.2. The van der Waals surface area contributed by atoms with Gasteiger partial charge < -0.3 is 20.7 Å². The molecule has 3 rings (SSSR count). The third-order valence-corrected chi connectivity index (χ3v) is 3.79. The maximum Gasteiger partial charge on any atom is 0.318 e. The van der Waals surface area contributed by atoms with E-state index in [9.17, 15) is 4.79 Å². The summed E-state index contributed by atoms with van der Waals surface area (Å²) in [4.78, 5) is 14.0. The fourth-order valence-electron chi connectivity index (χ4n) is 2.66. The fraction of sp³-hybridized carbons (Fsp3) is 0.500. The number of nitrogens with one attached hydrogen (secondary N) is 1. The van der Waals surface area contributed by atoms with Gasteiger partial charge in [0.1, 0.15) is 0 Å². The van der Waals surface area contributed by atoms with Crippen molar-refractivity contribution in [1.82, 2.24) is 10.2 Å². The number of nitrogen functional groups attached to an aromatic ring is 1. The highest BCUT2D eigenvalue weighted by atomic mass is 16.5. The first-order valence-electron chi connectivity index (χ1n) is 6.73. The van der Waals surface area contributed by atoms with Crippen molar-refractivity contribution < 1.29 is 9.53 Å². The highest BCUT2D eigenvalue weighted by Gasteiger charge is 2.24. The van der Waals surface area contributed by atoms with E-state index in [0.717, 1.165) is 37.2 Å². The van der Waals surface area contributed by atoms with Crippen LogP contribution in [-0.2, 0) is 17.7 Å². The summed E-state index contributed by atoms with van der Waals surface area (Å²) in [6.07, 6.45) is 1.80. The minimum atomic E-state index is 0.00331. The van der Waals surface area contributed by atoms with Crippen LogP contribution >= 0.6 is 0 Å². The predicted octanol–water partition coefficient (Wildman–Crippen LogP) is 1.13. The van der Waals surface area contributed by atoms with Gasteiger partial charge in [-0.3, -0.25) is 0 Å². The van der Waals surface area contributed by atoms with Crippen LogP contribution in [0.2, 0.25) is 0 Å². The van der Waals surface area contributed by atoms with E-state index in [2.05, 4.69) is 11.4 Å². The van der Waals surface area contributed by atoms with Crippen molar-refractivity contribution in [3.8, 4) is 0 Å². The molecule has 102 valence electrons. The first-order chi connectivity index (χ1) is 9.22. The average molecular weight is 261 g/mol. The van der Waals surface area contributed by atoms with Crippen molar-refractivity contribution in [2.24, 2.45) is 0 Å². The van der Waals surface area contributed by atoms with E-state index < -0.39 is 0 Å². The van der Waals surface area contributed by atoms with Gasteiger partial charge in [0, 0.05) is 25.4 Å². The molecule has 19 heavy (non-hydrogen) atoms. The van der Waals surface area contributed by atoms with E-state index >= 15 is 0 Å². The maximum atomic E-state index is 12.2. The van der Waals surface area contributed by atoms with Crippen LogP contribution in [0.4, 0.5) is 10.5 Å². The first kappa shape index (κ1) is 12.3. The molecule has 5 nitrogen and oxygen atoms in total. The predicted molar refractivity (Wildman–Crippen MR) is 72.7 cm³/mol. The van der Waals surface area contributed by atoms with Gasteiger partial charge in [0.2, 0.25) is 0 Å². The molecule has 1 fully saturated rings. The van der Waals surface area contributed by atoms with Gasteiger partial charge in [0.25, 0.3) is 0 Å². The van der Waals surface area contributed by atoms with Gasteiger partial charge in [-0.15, -0.1) is 0 Å². The normalized spacial score (nSPS) is 22.1. The van der Waals surface area contributed by atoms with E-state index in [1.807, 2.05) is 17.0 Å². The summed E-state index contributed by atoms with van der Waals surface area (Å²) < 4.78 is 5.27. The number of anilines is 1. The number of amides is 2.